The smallest absolute Gasteiger partial charge is 0.243 e. The van der Waals surface area contributed by atoms with Gasteiger partial charge < -0.3 is 10.0 Å². The van der Waals surface area contributed by atoms with Crippen LogP contribution in [-0.4, -0.2) is 49.6 Å². The van der Waals surface area contributed by atoms with Crippen LogP contribution < -0.4 is 4.72 Å². The highest BCUT2D eigenvalue weighted by atomic mass is 32.2. The van der Waals surface area contributed by atoms with Gasteiger partial charge in [0.15, 0.2) is 0 Å². The number of aryl methyl sites for hydroxylation is 1. The summed E-state index contributed by atoms with van der Waals surface area (Å²) in [5, 5.41) is 10.1. The minimum atomic E-state index is -3.92. The van der Waals surface area contributed by atoms with Crippen LogP contribution in [0.25, 0.3) is 0 Å². The molecule has 29 heavy (non-hydrogen) atoms. The molecule has 1 heterocycles. The number of carbonyl (C=O) groups excluding carboxylic acids is 1. The van der Waals surface area contributed by atoms with Gasteiger partial charge in [0, 0.05) is 13.1 Å². The molecule has 1 fully saturated rings. The minimum absolute atomic E-state index is 0.0735. The molecule has 0 aromatic heterocycles. The van der Waals surface area contributed by atoms with Crippen molar-refractivity contribution in [3.8, 4) is 0 Å². The van der Waals surface area contributed by atoms with Gasteiger partial charge in [-0.2, -0.15) is 4.72 Å². The zero-order valence-electron chi connectivity index (χ0n) is 16.8. The van der Waals surface area contributed by atoms with Crippen molar-refractivity contribution in [2.75, 3.05) is 13.1 Å². The number of aliphatic hydroxyl groups is 1. The molecule has 0 spiro atoms. The highest BCUT2D eigenvalue weighted by molar-refractivity contribution is 7.89. The van der Waals surface area contributed by atoms with E-state index in [4.69, 9.17) is 0 Å². The monoisotopic (exact) mass is 416 g/mol. The molecule has 3 rings (SSSR count). The molecule has 1 amide bonds. The maximum Gasteiger partial charge on any atom is 0.243 e. The van der Waals surface area contributed by atoms with E-state index in [1.54, 1.807) is 17.0 Å². The largest absolute Gasteiger partial charge is 0.391 e. The van der Waals surface area contributed by atoms with E-state index in [0.29, 0.717) is 19.0 Å². The van der Waals surface area contributed by atoms with Gasteiger partial charge in [-0.3, -0.25) is 4.79 Å². The topological polar surface area (TPSA) is 86.7 Å². The van der Waals surface area contributed by atoms with E-state index in [0.717, 1.165) is 18.4 Å². The second kappa shape index (κ2) is 9.07. The van der Waals surface area contributed by atoms with Crippen LogP contribution >= 0.6 is 0 Å². The highest BCUT2D eigenvalue weighted by Gasteiger charge is 2.34. The Hall–Kier alpha value is -2.22. The number of amides is 1. The van der Waals surface area contributed by atoms with Gasteiger partial charge in [0.1, 0.15) is 6.04 Å². The molecule has 2 unspecified atom stereocenters. The summed E-state index contributed by atoms with van der Waals surface area (Å²) in [7, 11) is -3.92. The van der Waals surface area contributed by atoms with Crippen LogP contribution in [0.5, 0.6) is 0 Å². The summed E-state index contributed by atoms with van der Waals surface area (Å²) in [4.78, 5) is 14.7. The van der Waals surface area contributed by atoms with Crippen molar-refractivity contribution in [3.63, 3.8) is 0 Å². The lowest BCUT2D eigenvalue weighted by Gasteiger charge is -2.35. The molecule has 7 heteroatoms. The van der Waals surface area contributed by atoms with Crippen molar-refractivity contribution in [2.24, 2.45) is 0 Å². The van der Waals surface area contributed by atoms with Gasteiger partial charge in [-0.1, -0.05) is 48.0 Å². The van der Waals surface area contributed by atoms with Crippen molar-refractivity contribution in [2.45, 2.75) is 49.6 Å². The van der Waals surface area contributed by atoms with E-state index in [2.05, 4.69) is 16.9 Å². The van der Waals surface area contributed by atoms with Crippen LogP contribution in [0.1, 0.15) is 36.8 Å². The maximum absolute atomic E-state index is 13.0. The van der Waals surface area contributed by atoms with Gasteiger partial charge in [-0.15, -0.1) is 0 Å². The molecule has 1 saturated heterocycles. The molecule has 2 aromatic rings. The third-order valence-electron chi connectivity index (χ3n) is 5.44. The minimum Gasteiger partial charge on any atom is -0.391 e. The average molecular weight is 417 g/mol. The first-order chi connectivity index (χ1) is 13.8. The first-order valence-electron chi connectivity index (χ1n) is 9.89. The molecule has 2 atom stereocenters. The van der Waals surface area contributed by atoms with Crippen LogP contribution in [-0.2, 0) is 14.8 Å². The van der Waals surface area contributed by atoms with E-state index in [-0.39, 0.29) is 10.8 Å². The third-order valence-corrected chi connectivity index (χ3v) is 6.90. The van der Waals surface area contributed by atoms with Gasteiger partial charge in [-0.05, 0) is 50.3 Å². The van der Waals surface area contributed by atoms with Crippen LogP contribution in [0.2, 0.25) is 0 Å². The van der Waals surface area contributed by atoms with Crippen LogP contribution in [0.3, 0.4) is 0 Å². The van der Waals surface area contributed by atoms with Gasteiger partial charge in [0.05, 0.1) is 11.0 Å². The Kier molecular flexibility index (Phi) is 6.72. The second-order valence-electron chi connectivity index (χ2n) is 7.66. The Labute approximate surface area is 172 Å². The highest BCUT2D eigenvalue weighted by Crippen LogP contribution is 2.28. The van der Waals surface area contributed by atoms with Gasteiger partial charge in [-0.25, -0.2) is 8.42 Å². The summed E-state index contributed by atoms with van der Waals surface area (Å²) in [6, 6.07) is 15.4. The molecular weight excluding hydrogens is 388 g/mol. The third kappa shape index (κ3) is 5.23. The zero-order valence-corrected chi connectivity index (χ0v) is 17.6. The fourth-order valence-corrected chi connectivity index (χ4v) is 4.93. The fourth-order valence-electron chi connectivity index (χ4n) is 3.66. The quantitative estimate of drug-likeness (QED) is 0.757. The van der Waals surface area contributed by atoms with E-state index in [1.165, 1.54) is 24.6 Å². The second-order valence-corrected chi connectivity index (χ2v) is 9.38. The Morgan fingerprint density at radius 2 is 1.66 bits per heavy atom. The summed E-state index contributed by atoms with van der Waals surface area (Å²) in [6.07, 6.45) is 0.481. The van der Waals surface area contributed by atoms with Gasteiger partial charge in [0.2, 0.25) is 15.9 Å². The number of piperidine rings is 1. The summed E-state index contributed by atoms with van der Waals surface area (Å²) in [5.74, 6) is -0.00306. The van der Waals surface area contributed by atoms with E-state index in [1.807, 2.05) is 25.1 Å². The number of benzene rings is 2. The normalized spacial score (nSPS) is 17.7. The molecule has 1 aliphatic rings. The number of carbonyl (C=O) groups is 1. The zero-order chi connectivity index (χ0) is 21.0. The number of sulfonamides is 1. The molecule has 0 bridgehead atoms. The molecule has 0 aliphatic carbocycles. The van der Waals surface area contributed by atoms with Crippen LogP contribution in [0, 0.1) is 6.92 Å². The lowest BCUT2D eigenvalue weighted by Crippen LogP contribution is -2.54. The van der Waals surface area contributed by atoms with E-state index in [9.17, 15) is 18.3 Å². The predicted molar refractivity (Wildman–Crippen MR) is 112 cm³/mol. The van der Waals surface area contributed by atoms with Crippen molar-refractivity contribution >= 4 is 15.9 Å². The number of nitrogens with one attached hydrogen (secondary N) is 1. The standard InChI is InChI=1S/C22H28N2O4S/c1-16-8-10-20(11-9-16)29(27,28)23-21(17(2)25)22(26)24-14-12-19(13-15-24)18-6-4-3-5-7-18/h3-11,17,19,21,23,25H,12-15H2,1-2H3. The summed E-state index contributed by atoms with van der Waals surface area (Å²) in [5.41, 5.74) is 2.19. The van der Waals surface area contributed by atoms with Gasteiger partial charge in [0.25, 0.3) is 0 Å². The van der Waals surface area contributed by atoms with E-state index >= 15 is 0 Å². The summed E-state index contributed by atoms with van der Waals surface area (Å²) in [6.45, 7) is 4.36. The summed E-state index contributed by atoms with van der Waals surface area (Å²) < 4.78 is 27.8. The Morgan fingerprint density at radius 1 is 1.07 bits per heavy atom. The lowest BCUT2D eigenvalue weighted by molar-refractivity contribution is -0.136. The van der Waals surface area contributed by atoms with E-state index < -0.39 is 22.2 Å². The molecule has 1 aliphatic heterocycles. The Morgan fingerprint density at radius 3 is 2.21 bits per heavy atom. The van der Waals surface area contributed by atoms with Crippen molar-refractivity contribution in [1.29, 1.82) is 0 Å². The number of likely N-dealkylation sites (tertiary alicyclic amines) is 1. The average Bonchev–Trinajstić information content (AvgIpc) is 2.72. The van der Waals surface area contributed by atoms with Crippen molar-refractivity contribution in [1.82, 2.24) is 9.62 Å². The number of nitrogens with zero attached hydrogens (tertiary/aromatic N) is 1. The molecule has 0 saturated carbocycles. The Balaban J connectivity index is 1.68. The molecule has 2 aromatic carbocycles. The van der Waals surface area contributed by atoms with Crippen LogP contribution in [0.15, 0.2) is 59.5 Å². The SMILES string of the molecule is Cc1ccc(S(=O)(=O)NC(C(=O)N2CCC(c3ccccc3)CC2)C(C)O)cc1. The van der Waals surface area contributed by atoms with Gasteiger partial charge >= 0.3 is 0 Å². The maximum atomic E-state index is 13.0. The van der Waals surface area contributed by atoms with Crippen LogP contribution in [0.4, 0.5) is 0 Å². The summed E-state index contributed by atoms with van der Waals surface area (Å²) >= 11 is 0. The lowest BCUT2D eigenvalue weighted by atomic mass is 9.89. The molecule has 0 radical (unpaired) electrons. The Bertz CT molecular complexity index is 919. The molecule has 6 nitrogen and oxygen atoms in total. The van der Waals surface area contributed by atoms with Crippen molar-refractivity contribution in [3.05, 3.63) is 65.7 Å². The molecular formula is C22H28N2O4S. The fraction of sp³-hybridized carbons (Fsp3) is 0.409. The molecule has 156 valence electrons. The van der Waals surface area contributed by atoms with Crippen molar-refractivity contribution < 1.29 is 18.3 Å². The first kappa shape index (κ1) is 21.5. The number of hydrogen-bond donors (Lipinski definition) is 2. The number of aliphatic hydroxyl groups excluding tert-OH is 1. The molecule has 2 N–H and O–H groups in total. The number of rotatable bonds is 6. The first-order valence-corrected chi connectivity index (χ1v) is 11.4. The number of hydrogen-bond acceptors (Lipinski definition) is 4. The predicted octanol–water partition coefficient (Wildman–Crippen LogP) is 2.43.